The minimum absolute atomic E-state index is 0.270. The van der Waals surface area contributed by atoms with E-state index in [1.54, 1.807) is 17.0 Å². The van der Waals surface area contributed by atoms with Gasteiger partial charge in [0.25, 0.3) is 0 Å². The number of anilines is 3. The highest BCUT2D eigenvalue weighted by Crippen LogP contribution is 2.22. The molecular formula is C23H27FN4O2. The summed E-state index contributed by atoms with van der Waals surface area (Å²) in [7, 11) is 0. The molecule has 2 amide bonds. The Bertz CT molecular complexity index is 871. The molecule has 0 unspecified atom stereocenters. The van der Waals surface area contributed by atoms with E-state index in [4.69, 9.17) is 0 Å². The molecule has 0 atom stereocenters. The molecule has 0 bridgehead atoms. The normalized spacial score (nSPS) is 17.0. The van der Waals surface area contributed by atoms with Gasteiger partial charge in [-0.2, -0.15) is 0 Å². The predicted octanol–water partition coefficient (Wildman–Crippen LogP) is 3.10. The Balaban J connectivity index is 1.28. The number of nitrogens with zero attached hydrogens (tertiary/aromatic N) is 3. The Morgan fingerprint density at radius 1 is 0.700 bits per heavy atom. The summed E-state index contributed by atoms with van der Waals surface area (Å²) in [5.41, 5.74) is 2.69. The third kappa shape index (κ3) is 4.72. The molecule has 2 fully saturated rings. The maximum Gasteiger partial charge on any atom is 0.313 e. The van der Waals surface area contributed by atoms with Crippen molar-refractivity contribution in [3.8, 4) is 0 Å². The van der Waals surface area contributed by atoms with E-state index in [9.17, 15) is 14.0 Å². The number of rotatable bonds is 3. The number of halogens is 1. The molecule has 2 saturated heterocycles. The Morgan fingerprint density at radius 3 is 1.83 bits per heavy atom. The highest BCUT2D eigenvalue weighted by molar-refractivity contribution is 6.39. The number of benzene rings is 2. The van der Waals surface area contributed by atoms with Crippen molar-refractivity contribution in [1.82, 2.24) is 4.90 Å². The van der Waals surface area contributed by atoms with Gasteiger partial charge in [0.15, 0.2) is 0 Å². The smallest absolute Gasteiger partial charge is 0.313 e. The largest absolute Gasteiger partial charge is 0.372 e. The first-order valence-corrected chi connectivity index (χ1v) is 10.6. The molecule has 0 radical (unpaired) electrons. The van der Waals surface area contributed by atoms with Crippen LogP contribution >= 0.6 is 0 Å². The zero-order valence-corrected chi connectivity index (χ0v) is 17.0. The number of amides is 2. The third-order valence-electron chi connectivity index (χ3n) is 5.80. The molecule has 0 aliphatic carbocycles. The molecule has 7 heteroatoms. The van der Waals surface area contributed by atoms with Crippen molar-refractivity contribution in [3.05, 3.63) is 54.3 Å². The van der Waals surface area contributed by atoms with Crippen LogP contribution in [-0.2, 0) is 9.59 Å². The van der Waals surface area contributed by atoms with Crippen LogP contribution in [-0.4, -0.2) is 56.0 Å². The predicted molar refractivity (Wildman–Crippen MR) is 116 cm³/mol. The Morgan fingerprint density at radius 2 is 1.23 bits per heavy atom. The monoisotopic (exact) mass is 410 g/mol. The molecular weight excluding hydrogens is 383 g/mol. The number of piperidine rings is 1. The molecule has 0 spiro atoms. The van der Waals surface area contributed by atoms with Crippen molar-refractivity contribution in [2.75, 3.05) is 54.4 Å². The third-order valence-corrected chi connectivity index (χ3v) is 5.80. The SMILES string of the molecule is O=C(Nc1ccc(N2CCCCC2)cc1)C(=O)N1CCN(c2ccc(F)cc2)CC1. The number of carbonyl (C=O) groups is 2. The standard InChI is InChI=1S/C23H27FN4O2/c24-18-4-8-20(9-5-18)27-14-16-28(17-15-27)23(30)22(29)25-19-6-10-21(11-7-19)26-12-2-1-3-13-26/h4-11H,1-3,12-17H2,(H,25,29). The second kappa shape index (κ2) is 9.15. The zero-order chi connectivity index (χ0) is 20.9. The second-order valence-electron chi connectivity index (χ2n) is 7.80. The number of piperazine rings is 1. The first-order valence-electron chi connectivity index (χ1n) is 10.6. The molecule has 6 nitrogen and oxygen atoms in total. The zero-order valence-electron chi connectivity index (χ0n) is 17.0. The number of nitrogens with one attached hydrogen (secondary N) is 1. The van der Waals surface area contributed by atoms with Gasteiger partial charge in [-0.3, -0.25) is 9.59 Å². The fraction of sp³-hybridized carbons (Fsp3) is 0.391. The average molecular weight is 410 g/mol. The molecule has 0 saturated carbocycles. The molecule has 2 aliphatic rings. The van der Waals surface area contributed by atoms with Crippen LogP contribution in [0.2, 0.25) is 0 Å². The molecule has 2 heterocycles. The van der Waals surface area contributed by atoms with Gasteiger partial charge in [-0.05, 0) is 67.8 Å². The lowest BCUT2D eigenvalue weighted by molar-refractivity contribution is -0.143. The molecule has 158 valence electrons. The summed E-state index contributed by atoms with van der Waals surface area (Å²) >= 11 is 0. The molecule has 1 N–H and O–H groups in total. The van der Waals surface area contributed by atoms with Crippen LogP contribution in [0.4, 0.5) is 21.5 Å². The molecule has 4 rings (SSSR count). The van der Waals surface area contributed by atoms with E-state index >= 15 is 0 Å². The van der Waals surface area contributed by atoms with Gasteiger partial charge < -0.3 is 20.0 Å². The van der Waals surface area contributed by atoms with Crippen LogP contribution in [0.1, 0.15) is 19.3 Å². The van der Waals surface area contributed by atoms with Crippen LogP contribution in [0.15, 0.2) is 48.5 Å². The van der Waals surface area contributed by atoms with Gasteiger partial charge >= 0.3 is 11.8 Å². The van der Waals surface area contributed by atoms with Crippen molar-refractivity contribution in [2.24, 2.45) is 0 Å². The van der Waals surface area contributed by atoms with Gasteiger partial charge in [-0.15, -0.1) is 0 Å². The summed E-state index contributed by atoms with van der Waals surface area (Å²) in [4.78, 5) is 31.0. The van der Waals surface area contributed by atoms with Gasteiger partial charge in [0.1, 0.15) is 5.82 Å². The lowest BCUT2D eigenvalue weighted by Crippen LogP contribution is -2.51. The van der Waals surface area contributed by atoms with E-state index in [2.05, 4.69) is 15.1 Å². The maximum atomic E-state index is 13.1. The van der Waals surface area contributed by atoms with Crippen LogP contribution in [0.3, 0.4) is 0 Å². The number of hydrogen-bond donors (Lipinski definition) is 1. The van der Waals surface area contributed by atoms with Gasteiger partial charge in [0.2, 0.25) is 0 Å². The molecule has 2 aliphatic heterocycles. The van der Waals surface area contributed by atoms with E-state index in [-0.39, 0.29) is 5.82 Å². The summed E-state index contributed by atoms with van der Waals surface area (Å²) in [6.07, 6.45) is 3.70. The molecule has 30 heavy (non-hydrogen) atoms. The van der Waals surface area contributed by atoms with Crippen LogP contribution in [0.5, 0.6) is 0 Å². The lowest BCUT2D eigenvalue weighted by Gasteiger charge is -2.35. The first kappa shape index (κ1) is 20.2. The van der Waals surface area contributed by atoms with E-state index in [1.165, 1.54) is 31.4 Å². The lowest BCUT2D eigenvalue weighted by atomic mass is 10.1. The molecule has 2 aromatic rings. The van der Waals surface area contributed by atoms with Crippen molar-refractivity contribution < 1.29 is 14.0 Å². The van der Waals surface area contributed by atoms with Crippen molar-refractivity contribution >= 4 is 28.9 Å². The quantitative estimate of drug-likeness (QED) is 0.790. The van der Waals surface area contributed by atoms with Gasteiger partial charge in [-0.25, -0.2) is 4.39 Å². The van der Waals surface area contributed by atoms with E-state index in [0.717, 1.165) is 24.5 Å². The minimum atomic E-state index is -0.615. The average Bonchev–Trinajstić information content (AvgIpc) is 2.80. The fourth-order valence-electron chi connectivity index (χ4n) is 4.06. The maximum absolute atomic E-state index is 13.1. The first-order chi connectivity index (χ1) is 14.6. The van der Waals surface area contributed by atoms with Gasteiger partial charge in [0.05, 0.1) is 0 Å². The Hall–Kier alpha value is -3.09. The summed E-state index contributed by atoms with van der Waals surface area (Å²) in [6, 6.07) is 14.0. The number of hydrogen-bond acceptors (Lipinski definition) is 4. The van der Waals surface area contributed by atoms with Crippen LogP contribution < -0.4 is 15.1 Å². The summed E-state index contributed by atoms with van der Waals surface area (Å²) < 4.78 is 13.1. The Labute approximate surface area is 176 Å². The van der Waals surface area contributed by atoms with Crippen molar-refractivity contribution in [2.45, 2.75) is 19.3 Å². The van der Waals surface area contributed by atoms with E-state index in [1.807, 2.05) is 24.3 Å². The van der Waals surface area contributed by atoms with E-state index < -0.39 is 11.8 Å². The topological polar surface area (TPSA) is 55.9 Å². The Kier molecular flexibility index (Phi) is 6.16. The fourth-order valence-corrected chi connectivity index (χ4v) is 4.06. The van der Waals surface area contributed by atoms with Gasteiger partial charge in [0, 0.05) is 56.3 Å². The summed E-state index contributed by atoms with van der Waals surface area (Å²) in [5, 5.41) is 2.71. The van der Waals surface area contributed by atoms with Gasteiger partial charge in [-0.1, -0.05) is 0 Å². The molecule has 2 aromatic carbocycles. The van der Waals surface area contributed by atoms with Crippen molar-refractivity contribution in [1.29, 1.82) is 0 Å². The highest BCUT2D eigenvalue weighted by atomic mass is 19.1. The highest BCUT2D eigenvalue weighted by Gasteiger charge is 2.26. The summed E-state index contributed by atoms with van der Waals surface area (Å²) in [5.74, 6) is -1.40. The number of carbonyl (C=O) groups excluding carboxylic acids is 2. The van der Waals surface area contributed by atoms with Crippen molar-refractivity contribution in [3.63, 3.8) is 0 Å². The van der Waals surface area contributed by atoms with E-state index in [0.29, 0.717) is 31.9 Å². The van der Waals surface area contributed by atoms with Crippen LogP contribution in [0.25, 0.3) is 0 Å². The second-order valence-corrected chi connectivity index (χ2v) is 7.80. The van der Waals surface area contributed by atoms with Crippen LogP contribution in [0, 0.1) is 5.82 Å². The minimum Gasteiger partial charge on any atom is -0.372 e. The molecule has 0 aromatic heterocycles. The summed E-state index contributed by atoms with van der Waals surface area (Å²) in [6.45, 7) is 4.25.